The van der Waals surface area contributed by atoms with Crippen LogP contribution in [0, 0.1) is 0 Å². The van der Waals surface area contributed by atoms with Crippen LogP contribution in [0.15, 0.2) is 84.9 Å². The highest BCUT2D eigenvalue weighted by Gasteiger charge is 2.30. The summed E-state index contributed by atoms with van der Waals surface area (Å²) in [5.74, 6) is 1.41. The first-order valence-corrected chi connectivity index (χ1v) is 13.7. The first-order valence-electron chi connectivity index (χ1n) is 13.7. The van der Waals surface area contributed by atoms with Crippen LogP contribution in [0.5, 0.6) is 34.5 Å². The molecule has 0 bridgehead atoms. The van der Waals surface area contributed by atoms with E-state index in [1.807, 2.05) is 72.8 Å². The first-order chi connectivity index (χ1) is 20.9. The van der Waals surface area contributed by atoms with Gasteiger partial charge in [-0.3, -0.25) is 4.79 Å². The summed E-state index contributed by atoms with van der Waals surface area (Å²) in [5.41, 5.74) is 2.75. The van der Waals surface area contributed by atoms with Crippen LogP contribution >= 0.6 is 0 Å². The number of hydrogen-bond acceptors (Lipinski definition) is 7. The zero-order valence-electron chi connectivity index (χ0n) is 24.5. The molecule has 0 amide bonds. The Bertz CT molecular complexity index is 2040. The summed E-state index contributed by atoms with van der Waals surface area (Å²) < 4.78 is 29.8. The highest BCUT2D eigenvalue weighted by Crippen LogP contribution is 2.58. The molecule has 0 aliphatic carbocycles. The number of benzene rings is 6. The van der Waals surface area contributed by atoms with Gasteiger partial charge in [0.05, 0.1) is 28.4 Å². The summed E-state index contributed by atoms with van der Waals surface area (Å²) in [5, 5.41) is 16.2. The highest BCUT2D eigenvalue weighted by atomic mass is 16.6. The zero-order chi connectivity index (χ0) is 30.2. The number of methoxy groups -OCH3 is 4. The molecular formula is C36H30O7. The van der Waals surface area contributed by atoms with Gasteiger partial charge in [-0.1, -0.05) is 72.8 Å². The zero-order valence-corrected chi connectivity index (χ0v) is 24.5. The highest BCUT2D eigenvalue weighted by molar-refractivity contribution is 6.19. The van der Waals surface area contributed by atoms with E-state index in [1.54, 1.807) is 33.5 Å². The van der Waals surface area contributed by atoms with Gasteiger partial charge in [0.2, 0.25) is 0 Å². The van der Waals surface area contributed by atoms with Crippen molar-refractivity contribution in [2.75, 3.05) is 28.4 Å². The molecule has 0 saturated heterocycles. The fourth-order valence-corrected chi connectivity index (χ4v) is 6.03. The number of esters is 1. The standard InChI is InChI=1S/C36H30O7/c1-20(37)43-28-19-22-13-7-9-15-24(22)30(34(28)40-3)32-26-17-11-10-16-25(26)31(35(41-4)36(32)42-5)29-23-14-8-6-12-21(23)18-27(38)33(29)39-2/h6-19,38H,1-5H3. The molecule has 0 aliphatic heterocycles. The number of carbonyl (C=O) groups is 1. The second-order valence-corrected chi connectivity index (χ2v) is 9.98. The van der Waals surface area contributed by atoms with Crippen LogP contribution in [0.4, 0.5) is 0 Å². The molecule has 0 saturated carbocycles. The Kier molecular flexibility index (Phi) is 7.16. The molecule has 6 aromatic rings. The molecule has 0 radical (unpaired) electrons. The van der Waals surface area contributed by atoms with Crippen molar-refractivity contribution >= 4 is 38.3 Å². The van der Waals surface area contributed by atoms with Gasteiger partial charge in [-0.25, -0.2) is 0 Å². The predicted octanol–water partition coefficient (Wildman–Crippen LogP) is 8.15. The minimum absolute atomic E-state index is 0.00660. The topological polar surface area (TPSA) is 83.5 Å². The molecular weight excluding hydrogens is 544 g/mol. The number of hydrogen-bond donors (Lipinski definition) is 1. The van der Waals surface area contributed by atoms with E-state index in [4.69, 9.17) is 23.7 Å². The third kappa shape index (κ3) is 4.41. The number of fused-ring (bicyclic) bond motifs is 3. The van der Waals surface area contributed by atoms with E-state index >= 15 is 0 Å². The molecule has 0 heterocycles. The molecule has 0 aromatic heterocycles. The maximum absolute atomic E-state index is 12.1. The van der Waals surface area contributed by atoms with E-state index in [0.29, 0.717) is 51.0 Å². The van der Waals surface area contributed by atoms with Crippen LogP contribution in [0.2, 0.25) is 0 Å². The third-order valence-electron chi connectivity index (χ3n) is 7.65. The summed E-state index contributed by atoms with van der Waals surface area (Å²) >= 11 is 0. The Hall–Kier alpha value is -5.43. The molecule has 1 N–H and O–H groups in total. The average molecular weight is 575 g/mol. The number of phenols is 1. The van der Waals surface area contributed by atoms with E-state index in [0.717, 1.165) is 32.3 Å². The number of phenolic OH excluding ortho intramolecular Hbond substituents is 1. The number of carbonyl (C=O) groups excluding carboxylic acids is 1. The minimum atomic E-state index is -0.466. The Balaban J connectivity index is 1.86. The lowest BCUT2D eigenvalue weighted by Gasteiger charge is -2.25. The lowest BCUT2D eigenvalue weighted by Crippen LogP contribution is -2.05. The van der Waals surface area contributed by atoms with Gasteiger partial charge >= 0.3 is 5.97 Å². The molecule has 216 valence electrons. The van der Waals surface area contributed by atoms with Gasteiger partial charge in [0.15, 0.2) is 34.5 Å². The maximum atomic E-state index is 12.1. The van der Waals surface area contributed by atoms with E-state index in [1.165, 1.54) is 14.0 Å². The fourth-order valence-electron chi connectivity index (χ4n) is 6.03. The van der Waals surface area contributed by atoms with Crippen molar-refractivity contribution in [2.45, 2.75) is 6.92 Å². The molecule has 0 unspecified atom stereocenters. The van der Waals surface area contributed by atoms with Crippen LogP contribution in [0.25, 0.3) is 54.6 Å². The van der Waals surface area contributed by atoms with Gasteiger partial charge in [0.25, 0.3) is 0 Å². The van der Waals surface area contributed by atoms with Crippen molar-refractivity contribution in [3.05, 3.63) is 84.9 Å². The molecule has 0 spiro atoms. The minimum Gasteiger partial charge on any atom is -0.504 e. The lowest BCUT2D eigenvalue weighted by atomic mass is 9.86. The van der Waals surface area contributed by atoms with Crippen molar-refractivity contribution in [1.29, 1.82) is 0 Å². The Morgan fingerprint density at radius 1 is 0.535 bits per heavy atom. The monoisotopic (exact) mass is 574 g/mol. The molecule has 6 rings (SSSR count). The van der Waals surface area contributed by atoms with Gasteiger partial charge in [-0.2, -0.15) is 0 Å². The van der Waals surface area contributed by atoms with E-state index in [-0.39, 0.29) is 5.75 Å². The van der Waals surface area contributed by atoms with Gasteiger partial charge in [0.1, 0.15) is 0 Å². The van der Waals surface area contributed by atoms with Crippen molar-refractivity contribution < 1.29 is 33.6 Å². The molecule has 0 aliphatic rings. The second kappa shape index (κ2) is 11.1. The first kappa shape index (κ1) is 27.7. The smallest absolute Gasteiger partial charge is 0.308 e. The van der Waals surface area contributed by atoms with Crippen LogP contribution in [0.3, 0.4) is 0 Å². The van der Waals surface area contributed by atoms with Crippen LogP contribution in [-0.4, -0.2) is 39.5 Å². The van der Waals surface area contributed by atoms with Crippen LogP contribution in [0.1, 0.15) is 6.92 Å². The second-order valence-electron chi connectivity index (χ2n) is 9.98. The lowest BCUT2D eigenvalue weighted by molar-refractivity contribution is -0.131. The van der Waals surface area contributed by atoms with E-state index in [2.05, 4.69) is 0 Å². The molecule has 0 atom stereocenters. The van der Waals surface area contributed by atoms with Crippen molar-refractivity contribution in [2.24, 2.45) is 0 Å². The summed E-state index contributed by atoms with van der Waals surface area (Å²) in [7, 11) is 6.25. The summed E-state index contributed by atoms with van der Waals surface area (Å²) in [6.07, 6.45) is 0. The van der Waals surface area contributed by atoms with Gasteiger partial charge in [-0.15, -0.1) is 0 Å². The normalized spacial score (nSPS) is 11.1. The van der Waals surface area contributed by atoms with Crippen molar-refractivity contribution in [3.8, 4) is 56.8 Å². The summed E-state index contributed by atoms with van der Waals surface area (Å²) in [6.45, 7) is 1.36. The van der Waals surface area contributed by atoms with Crippen LogP contribution < -0.4 is 23.7 Å². The van der Waals surface area contributed by atoms with Crippen molar-refractivity contribution in [1.82, 2.24) is 0 Å². The number of rotatable bonds is 7. The fraction of sp³-hybridized carbons (Fsp3) is 0.139. The molecule has 0 fully saturated rings. The molecule has 6 aromatic carbocycles. The van der Waals surface area contributed by atoms with Gasteiger partial charge in [-0.05, 0) is 44.5 Å². The predicted molar refractivity (Wildman–Crippen MR) is 169 cm³/mol. The third-order valence-corrected chi connectivity index (χ3v) is 7.65. The quantitative estimate of drug-likeness (QED) is 0.152. The molecule has 7 nitrogen and oxygen atoms in total. The molecule has 43 heavy (non-hydrogen) atoms. The van der Waals surface area contributed by atoms with Gasteiger partial charge < -0.3 is 28.8 Å². The van der Waals surface area contributed by atoms with Crippen LogP contribution in [-0.2, 0) is 4.79 Å². The summed E-state index contributed by atoms with van der Waals surface area (Å²) in [6, 6.07) is 27.0. The average Bonchev–Trinajstić information content (AvgIpc) is 3.02. The Morgan fingerprint density at radius 3 is 1.40 bits per heavy atom. The Labute approximate surface area is 248 Å². The van der Waals surface area contributed by atoms with E-state index < -0.39 is 5.97 Å². The van der Waals surface area contributed by atoms with Crippen molar-refractivity contribution in [3.63, 3.8) is 0 Å². The SMILES string of the molecule is COc1c(O)cc2ccccc2c1-c1c(OC)c(OC)c(-c2c(OC)c(OC(C)=O)cc3ccccc23)c2ccccc12. The maximum Gasteiger partial charge on any atom is 0.308 e. The van der Waals surface area contributed by atoms with E-state index in [9.17, 15) is 9.90 Å². The number of aromatic hydroxyl groups is 1. The molecule has 7 heteroatoms. The largest absolute Gasteiger partial charge is 0.504 e. The Morgan fingerprint density at radius 2 is 0.930 bits per heavy atom. The summed E-state index contributed by atoms with van der Waals surface area (Å²) in [4.78, 5) is 12.1. The van der Waals surface area contributed by atoms with Gasteiger partial charge in [0, 0.05) is 29.2 Å². The number of ether oxygens (including phenoxy) is 5.